The van der Waals surface area contributed by atoms with Gasteiger partial charge in [-0.25, -0.2) is 0 Å². The number of halogens is 4. The highest BCUT2D eigenvalue weighted by atomic mass is 35.5. The summed E-state index contributed by atoms with van der Waals surface area (Å²) in [5.41, 5.74) is 0. The van der Waals surface area contributed by atoms with Gasteiger partial charge in [0.15, 0.2) is 0 Å². The van der Waals surface area contributed by atoms with E-state index < -0.39 is 18.5 Å². The van der Waals surface area contributed by atoms with Crippen LogP contribution >= 0.6 is 11.6 Å². The maximum Gasteiger partial charge on any atom is 0.397 e. The summed E-state index contributed by atoms with van der Waals surface area (Å²) in [4.78, 5) is 10.5. The highest BCUT2D eigenvalue weighted by molar-refractivity contribution is 6.18. The molecule has 0 saturated heterocycles. The quantitative estimate of drug-likeness (QED) is 0.563. The van der Waals surface area contributed by atoms with Crippen LogP contribution in [0.15, 0.2) is 12.2 Å². The molecule has 0 aliphatic rings. The average Bonchev–Trinajstić information content (AvgIpc) is 1.94. The van der Waals surface area contributed by atoms with Crippen LogP contribution in [0, 0.1) is 0 Å². The molecule has 76 valence electrons. The minimum absolute atomic E-state index is 0.0711. The lowest BCUT2D eigenvalue weighted by Crippen LogP contribution is -2.28. The van der Waals surface area contributed by atoms with Gasteiger partial charge in [0.25, 0.3) is 0 Å². The van der Waals surface area contributed by atoms with E-state index in [1.54, 1.807) is 0 Å². The lowest BCUT2D eigenvalue weighted by atomic mass is 10.4. The van der Waals surface area contributed by atoms with Gasteiger partial charge in [-0.15, -0.1) is 11.6 Å². The highest BCUT2D eigenvalue weighted by Crippen LogP contribution is 2.18. The fourth-order valence-electron chi connectivity index (χ4n) is 0.564. The van der Waals surface area contributed by atoms with Gasteiger partial charge in [0.2, 0.25) is 5.91 Å². The highest BCUT2D eigenvalue weighted by Gasteiger charge is 2.30. The fourth-order valence-corrected chi connectivity index (χ4v) is 0.690. The first-order valence-corrected chi connectivity index (χ1v) is 4.03. The first kappa shape index (κ1) is 12.3. The molecule has 6 heteroatoms. The molecule has 0 rings (SSSR count). The van der Waals surface area contributed by atoms with Gasteiger partial charge in [0.05, 0.1) is 0 Å². The molecule has 0 unspecified atom stereocenters. The number of carbonyl (C=O) groups excluding carboxylic acids is 1. The molecule has 0 spiro atoms. The van der Waals surface area contributed by atoms with E-state index in [1.165, 1.54) is 12.2 Å². The van der Waals surface area contributed by atoms with Crippen LogP contribution < -0.4 is 5.32 Å². The summed E-state index contributed by atoms with van der Waals surface area (Å²) < 4.78 is 34.7. The van der Waals surface area contributed by atoms with Crippen LogP contribution in [-0.4, -0.2) is 24.5 Å². The molecule has 0 atom stereocenters. The maximum absolute atomic E-state index is 11.6. The molecule has 0 fully saturated rings. The number of nitrogens with one attached hydrogen (secondary N) is 1. The number of hydrogen-bond donors (Lipinski definition) is 1. The summed E-state index contributed by atoms with van der Waals surface area (Å²) in [5, 5.41) is 2.07. The van der Waals surface area contributed by atoms with Crippen molar-refractivity contribution in [3.8, 4) is 0 Å². The molecule has 0 aromatic rings. The Morgan fingerprint density at radius 1 is 1.38 bits per heavy atom. The number of rotatable bonds is 4. The van der Waals surface area contributed by atoms with Crippen LogP contribution in [0.5, 0.6) is 0 Å². The summed E-state index contributed by atoms with van der Waals surface area (Å²) in [7, 11) is 0. The Labute approximate surface area is 78.8 Å². The molecule has 0 heterocycles. The lowest BCUT2D eigenvalue weighted by Gasteiger charge is -2.05. The second-order valence-corrected chi connectivity index (χ2v) is 2.53. The van der Waals surface area contributed by atoms with E-state index >= 15 is 0 Å². The molecular weight excluding hydrogens is 207 g/mol. The average molecular weight is 216 g/mol. The fraction of sp³-hybridized carbons (Fsp3) is 0.571. The number of alkyl halides is 4. The molecule has 0 aromatic heterocycles. The van der Waals surface area contributed by atoms with Crippen LogP contribution in [0.1, 0.15) is 6.42 Å². The third kappa shape index (κ3) is 9.20. The smallest absolute Gasteiger partial charge is 0.352 e. The molecule has 0 bridgehead atoms. The predicted octanol–water partition coefficient (Wildman–Crippen LogP) is 1.85. The summed E-state index contributed by atoms with van der Waals surface area (Å²) in [6.45, 7) is 0.0711. The van der Waals surface area contributed by atoms with E-state index in [0.717, 1.165) is 0 Å². The van der Waals surface area contributed by atoms with Gasteiger partial charge < -0.3 is 5.32 Å². The van der Waals surface area contributed by atoms with Crippen LogP contribution in [0.2, 0.25) is 0 Å². The Morgan fingerprint density at radius 2 is 2.00 bits per heavy atom. The van der Waals surface area contributed by atoms with E-state index in [0.29, 0.717) is 0 Å². The Kier molecular flexibility index (Phi) is 5.53. The third-order valence-corrected chi connectivity index (χ3v) is 1.21. The lowest BCUT2D eigenvalue weighted by molar-refractivity contribution is -0.153. The summed E-state index contributed by atoms with van der Waals surface area (Å²) in [6.07, 6.45) is -2.86. The standard InChI is InChI=1S/C7H9ClF3NO/c8-3-1-2-4-12-6(13)5-7(9,10)11/h1-2H,3-5H2,(H,12,13)/b2-1+. The van der Waals surface area contributed by atoms with E-state index in [4.69, 9.17) is 11.6 Å². The molecule has 0 saturated carbocycles. The van der Waals surface area contributed by atoms with Crippen molar-refractivity contribution in [1.82, 2.24) is 5.32 Å². The molecule has 0 aliphatic carbocycles. The minimum Gasteiger partial charge on any atom is -0.352 e. The Bertz CT molecular complexity index is 191. The first-order valence-electron chi connectivity index (χ1n) is 3.50. The van der Waals surface area contributed by atoms with E-state index in [9.17, 15) is 18.0 Å². The van der Waals surface area contributed by atoms with Gasteiger partial charge in [-0.2, -0.15) is 13.2 Å². The monoisotopic (exact) mass is 215 g/mol. The second kappa shape index (κ2) is 5.85. The minimum atomic E-state index is -4.44. The number of carbonyl (C=O) groups is 1. The predicted molar refractivity (Wildman–Crippen MR) is 43.5 cm³/mol. The molecule has 0 aliphatic heterocycles. The molecule has 13 heavy (non-hydrogen) atoms. The van der Waals surface area contributed by atoms with Gasteiger partial charge in [-0.3, -0.25) is 4.79 Å². The van der Waals surface area contributed by atoms with Crippen molar-refractivity contribution >= 4 is 17.5 Å². The normalized spacial score (nSPS) is 12.0. The molecule has 1 N–H and O–H groups in total. The third-order valence-electron chi connectivity index (χ3n) is 1.03. The molecule has 0 aromatic carbocycles. The van der Waals surface area contributed by atoms with Gasteiger partial charge >= 0.3 is 6.18 Å². The van der Waals surface area contributed by atoms with Gasteiger partial charge in [-0.1, -0.05) is 12.2 Å². The van der Waals surface area contributed by atoms with Crippen LogP contribution in [0.4, 0.5) is 13.2 Å². The summed E-state index contributed by atoms with van der Waals surface area (Å²) in [5.74, 6) is -0.762. The molecular formula is C7H9ClF3NO. The Morgan fingerprint density at radius 3 is 2.46 bits per heavy atom. The number of allylic oxidation sites excluding steroid dienone is 1. The van der Waals surface area contributed by atoms with Gasteiger partial charge in [0.1, 0.15) is 6.42 Å². The molecule has 2 nitrogen and oxygen atoms in total. The largest absolute Gasteiger partial charge is 0.397 e. The topological polar surface area (TPSA) is 29.1 Å². The van der Waals surface area contributed by atoms with Crippen LogP contribution in [0.25, 0.3) is 0 Å². The van der Waals surface area contributed by atoms with Crippen molar-refractivity contribution in [3.63, 3.8) is 0 Å². The van der Waals surface area contributed by atoms with Crippen LogP contribution in [0.3, 0.4) is 0 Å². The van der Waals surface area contributed by atoms with Gasteiger partial charge in [-0.05, 0) is 0 Å². The van der Waals surface area contributed by atoms with E-state index in [2.05, 4.69) is 5.32 Å². The summed E-state index contributed by atoms with van der Waals surface area (Å²) in [6, 6.07) is 0. The van der Waals surface area contributed by atoms with Crippen molar-refractivity contribution < 1.29 is 18.0 Å². The van der Waals surface area contributed by atoms with Crippen molar-refractivity contribution in [3.05, 3.63) is 12.2 Å². The first-order chi connectivity index (χ1) is 5.95. The zero-order valence-electron chi connectivity index (χ0n) is 6.70. The zero-order valence-corrected chi connectivity index (χ0v) is 7.45. The van der Waals surface area contributed by atoms with E-state index in [-0.39, 0.29) is 12.4 Å². The van der Waals surface area contributed by atoms with Gasteiger partial charge in [0, 0.05) is 12.4 Å². The van der Waals surface area contributed by atoms with Crippen molar-refractivity contribution in [2.75, 3.05) is 12.4 Å². The van der Waals surface area contributed by atoms with E-state index in [1.807, 2.05) is 0 Å². The second-order valence-electron chi connectivity index (χ2n) is 2.22. The zero-order chi connectivity index (χ0) is 10.3. The number of amides is 1. The Balaban J connectivity index is 3.58. The van der Waals surface area contributed by atoms with Crippen LogP contribution in [-0.2, 0) is 4.79 Å². The van der Waals surface area contributed by atoms with Crippen molar-refractivity contribution in [2.45, 2.75) is 12.6 Å². The SMILES string of the molecule is O=C(CC(F)(F)F)NC/C=C/CCl. The molecule has 1 amide bonds. The Hall–Kier alpha value is -0.710. The van der Waals surface area contributed by atoms with Crippen molar-refractivity contribution in [2.24, 2.45) is 0 Å². The molecule has 0 radical (unpaired) electrons. The summed E-state index contributed by atoms with van der Waals surface area (Å²) >= 11 is 5.24. The maximum atomic E-state index is 11.6. The number of hydrogen-bond acceptors (Lipinski definition) is 1. The van der Waals surface area contributed by atoms with Crippen molar-refractivity contribution in [1.29, 1.82) is 0 Å².